The molecular weight excluding hydrogens is 324 g/mol. The predicted octanol–water partition coefficient (Wildman–Crippen LogP) is 2.40. The van der Waals surface area contributed by atoms with Crippen LogP contribution in [0.5, 0.6) is 0 Å². The molecule has 0 aliphatic heterocycles. The van der Waals surface area contributed by atoms with E-state index in [-0.39, 0.29) is 11.7 Å². The zero-order valence-electron chi connectivity index (χ0n) is 13.5. The van der Waals surface area contributed by atoms with E-state index in [1.807, 2.05) is 55.2 Å². The quantitative estimate of drug-likeness (QED) is 0.672. The third kappa shape index (κ3) is 4.45. The van der Waals surface area contributed by atoms with Gasteiger partial charge in [-0.1, -0.05) is 23.9 Å². The van der Waals surface area contributed by atoms with E-state index in [1.165, 1.54) is 11.8 Å². The summed E-state index contributed by atoms with van der Waals surface area (Å²) in [5, 5.41) is 14.4. The number of nitrogens with one attached hydrogen (secondary N) is 2. The Morgan fingerprint density at radius 3 is 2.71 bits per heavy atom. The summed E-state index contributed by atoms with van der Waals surface area (Å²) >= 11 is 1.30. The Balaban J connectivity index is 1.50. The van der Waals surface area contributed by atoms with Gasteiger partial charge in [-0.15, -0.1) is 5.10 Å². The summed E-state index contributed by atoms with van der Waals surface area (Å²) in [5.74, 6) is 0.921. The van der Waals surface area contributed by atoms with Crippen molar-refractivity contribution in [3.05, 3.63) is 53.6 Å². The molecule has 8 heteroatoms. The first-order chi connectivity index (χ1) is 11.6. The standard InChI is InChI=1S/C16H18N6OS/c1-11-7-17-22(8-11)9-13-3-5-14(6-4-13)19-15(23)10-24-16-18-12(2)20-21-16/h3-8H,9-10H2,1-2H3,(H,19,23)(H,18,20,21). The van der Waals surface area contributed by atoms with E-state index in [9.17, 15) is 4.79 Å². The molecule has 24 heavy (non-hydrogen) atoms. The summed E-state index contributed by atoms with van der Waals surface area (Å²) in [5.41, 5.74) is 3.03. The zero-order valence-corrected chi connectivity index (χ0v) is 14.3. The molecule has 124 valence electrons. The summed E-state index contributed by atoms with van der Waals surface area (Å²) in [7, 11) is 0. The Morgan fingerprint density at radius 2 is 2.08 bits per heavy atom. The molecule has 0 unspecified atom stereocenters. The van der Waals surface area contributed by atoms with Crippen LogP contribution in [0.25, 0.3) is 0 Å². The normalized spacial score (nSPS) is 10.8. The lowest BCUT2D eigenvalue weighted by Gasteiger charge is -2.06. The Bertz CT molecular complexity index is 823. The summed E-state index contributed by atoms with van der Waals surface area (Å²) in [6, 6.07) is 7.76. The van der Waals surface area contributed by atoms with Crippen molar-refractivity contribution in [1.29, 1.82) is 0 Å². The summed E-state index contributed by atoms with van der Waals surface area (Å²) in [6.45, 7) is 4.55. The molecule has 1 aromatic carbocycles. The lowest BCUT2D eigenvalue weighted by molar-refractivity contribution is -0.113. The number of carbonyl (C=O) groups excluding carboxylic acids is 1. The molecule has 0 saturated heterocycles. The molecule has 7 nitrogen and oxygen atoms in total. The van der Waals surface area contributed by atoms with Crippen LogP contribution in [0, 0.1) is 13.8 Å². The molecule has 2 heterocycles. The fourth-order valence-electron chi connectivity index (χ4n) is 2.15. The molecule has 0 fully saturated rings. The van der Waals surface area contributed by atoms with Gasteiger partial charge in [0.15, 0.2) is 0 Å². The maximum absolute atomic E-state index is 12.0. The van der Waals surface area contributed by atoms with Gasteiger partial charge in [-0.05, 0) is 37.1 Å². The number of nitrogens with zero attached hydrogens (tertiary/aromatic N) is 4. The molecule has 2 N–H and O–H groups in total. The van der Waals surface area contributed by atoms with E-state index < -0.39 is 0 Å². The van der Waals surface area contributed by atoms with Crippen LogP contribution in [0.3, 0.4) is 0 Å². The topological polar surface area (TPSA) is 88.5 Å². The Hall–Kier alpha value is -2.61. The molecule has 0 bridgehead atoms. The molecular formula is C16H18N6OS. The van der Waals surface area contributed by atoms with Crippen molar-refractivity contribution in [2.45, 2.75) is 25.5 Å². The minimum absolute atomic E-state index is 0.0853. The number of hydrogen-bond acceptors (Lipinski definition) is 5. The summed E-state index contributed by atoms with van der Waals surface area (Å²) in [6.07, 6.45) is 3.83. The van der Waals surface area contributed by atoms with E-state index >= 15 is 0 Å². The Labute approximate surface area is 143 Å². The average Bonchev–Trinajstić information content (AvgIpc) is 3.16. The number of hydrogen-bond donors (Lipinski definition) is 2. The second-order valence-corrected chi connectivity index (χ2v) is 6.39. The highest BCUT2D eigenvalue weighted by molar-refractivity contribution is 7.99. The molecule has 0 saturated carbocycles. The summed E-state index contributed by atoms with van der Waals surface area (Å²) < 4.78 is 1.89. The van der Waals surface area contributed by atoms with Crippen LogP contribution >= 0.6 is 11.8 Å². The molecule has 0 aliphatic carbocycles. The third-order valence-electron chi connectivity index (χ3n) is 3.25. The smallest absolute Gasteiger partial charge is 0.234 e. The van der Waals surface area contributed by atoms with Gasteiger partial charge in [0.2, 0.25) is 11.1 Å². The van der Waals surface area contributed by atoms with Crippen molar-refractivity contribution in [2.24, 2.45) is 0 Å². The van der Waals surface area contributed by atoms with E-state index in [4.69, 9.17) is 0 Å². The van der Waals surface area contributed by atoms with E-state index in [0.29, 0.717) is 11.7 Å². The molecule has 3 rings (SSSR count). The lowest BCUT2D eigenvalue weighted by Crippen LogP contribution is -2.14. The van der Waals surface area contributed by atoms with Gasteiger partial charge >= 0.3 is 0 Å². The lowest BCUT2D eigenvalue weighted by atomic mass is 10.2. The highest BCUT2D eigenvalue weighted by atomic mass is 32.2. The van der Waals surface area contributed by atoms with Crippen LogP contribution in [0.4, 0.5) is 5.69 Å². The number of anilines is 1. The number of amides is 1. The molecule has 0 spiro atoms. The van der Waals surface area contributed by atoms with Crippen LogP contribution in [0.2, 0.25) is 0 Å². The number of aromatic amines is 1. The number of rotatable bonds is 6. The first kappa shape index (κ1) is 16.3. The van der Waals surface area contributed by atoms with Crippen molar-refractivity contribution in [1.82, 2.24) is 25.0 Å². The van der Waals surface area contributed by atoms with Crippen molar-refractivity contribution < 1.29 is 4.79 Å². The largest absolute Gasteiger partial charge is 0.325 e. The van der Waals surface area contributed by atoms with Gasteiger partial charge in [-0.3, -0.25) is 14.6 Å². The third-order valence-corrected chi connectivity index (χ3v) is 4.10. The second-order valence-electron chi connectivity index (χ2n) is 5.45. The average molecular weight is 342 g/mol. The van der Waals surface area contributed by atoms with Crippen molar-refractivity contribution >= 4 is 23.4 Å². The van der Waals surface area contributed by atoms with E-state index in [2.05, 4.69) is 25.6 Å². The number of H-pyrrole nitrogens is 1. The Morgan fingerprint density at radius 1 is 1.29 bits per heavy atom. The minimum Gasteiger partial charge on any atom is -0.325 e. The maximum Gasteiger partial charge on any atom is 0.234 e. The number of aryl methyl sites for hydroxylation is 2. The fourth-order valence-corrected chi connectivity index (χ4v) is 2.79. The van der Waals surface area contributed by atoms with Gasteiger partial charge in [0.05, 0.1) is 18.5 Å². The molecule has 0 atom stereocenters. The van der Waals surface area contributed by atoms with Gasteiger partial charge in [0.1, 0.15) is 5.82 Å². The number of thioether (sulfide) groups is 1. The van der Waals surface area contributed by atoms with Crippen LogP contribution in [-0.2, 0) is 11.3 Å². The van der Waals surface area contributed by atoms with Gasteiger partial charge < -0.3 is 5.32 Å². The molecule has 0 radical (unpaired) electrons. The zero-order chi connectivity index (χ0) is 16.9. The second kappa shape index (κ2) is 7.31. The highest BCUT2D eigenvalue weighted by Gasteiger charge is 2.07. The molecule has 0 aliphatic rings. The summed E-state index contributed by atoms with van der Waals surface area (Å²) in [4.78, 5) is 16.1. The van der Waals surface area contributed by atoms with E-state index in [0.717, 1.165) is 22.6 Å². The minimum atomic E-state index is -0.0853. The highest BCUT2D eigenvalue weighted by Crippen LogP contribution is 2.14. The van der Waals surface area contributed by atoms with E-state index in [1.54, 1.807) is 0 Å². The molecule has 2 aromatic heterocycles. The monoisotopic (exact) mass is 342 g/mol. The van der Waals surface area contributed by atoms with Gasteiger partial charge in [0, 0.05) is 11.9 Å². The van der Waals surface area contributed by atoms with Crippen LogP contribution in [-0.4, -0.2) is 36.6 Å². The molecule has 3 aromatic rings. The maximum atomic E-state index is 12.0. The van der Waals surface area contributed by atoms with Gasteiger partial charge in [-0.2, -0.15) is 5.10 Å². The fraction of sp³-hybridized carbons (Fsp3) is 0.250. The predicted molar refractivity (Wildman–Crippen MR) is 93.0 cm³/mol. The first-order valence-electron chi connectivity index (χ1n) is 7.48. The van der Waals surface area contributed by atoms with Gasteiger partial charge in [0.25, 0.3) is 0 Å². The number of aromatic nitrogens is 5. The molecule has 1 amide bonds. The van der Waals surface area contributed by atoms with Crippen molar-refractivity contribution in [3.8, 4) is 0 Å². The van der Waals surface area contributed by atoms with Crippen LogP contribution in [0.1, 0.15) is 17.0 Å². The van der Waals surface area contributed by atoms with Crippen LogP contribution in [0.15, 0.2) is 41.8 Å². The Kier molecular flexibility index (Phi) is 4.95. The SMILES string of the molecule is Cc1cnn(Cc2ccc(NC(=O)CSc3n[nH]c(C)n3)cc2)c1. The van der Waals surface area contributed by atoms with Crippen molar-refractivity contribution in [2.75, 3.05) is 11.1 Å². The number of carbonyl (C=O) groups is 1. The first-order valence-corrected chi connectivity index (χ1v) is 8.47. The van der Waals surface area contributed by atoms with Gasteiger partial charge in [-0.25, -0.2) is 4.98 Å². The van der Waals surface area contributed by atoms with Crippen molar-refractivity contribution in [3.63, 3.8) is 0 Å². The van der Waals surface area contributed by atoms with Crippen LogP contribution < -0.4 is 5.32 Å². The number of benzene rings is 1.